The minimum Gasteiger partial charge on any atom is -0.494 e. The van der Waals surface area contributed by atoms with E-state index in [4.69, 9.17) is 4.74 Å². The number of hydrogen-bond acceptors (Lipinski definition) is 3. The van der Waals surface area contributed by atoms with E-state index in [2.05, 4.69) is 16.0 Å². The lowest BCUT2D eigenvalue weighted by Gasteiger charge is -2.19. The first kappa shape index (κ1) is 21.6. The molecule has 0 saturated carbocycles. The van der Waals surface area contributed by atoms with E-state index in [0.29, 0.717) is 22.6 Å². The van der Waals surface area contributed by atoms with Crippen molar-refractivity contribution in [3.05, 3.63) is 84.2 Å². The van der Waals surface area contributed by atoms with Crippen molar-refractivity contribution < 1.29 is 18.7 Å². The molecule has 0 aliphatic carbocycles. The molecule has 0 spiro atoms. The van der Waals surface area contributed by atoms with Gasteiger partial charge in [-0.05, 0) is 48.0 Å². The van der Waals surface area contributed by atoms with Crippen molar-refractivity contribution >= 4 is 29.1 Å². The van der Waals surface area contributed by atoms with E-state index in [9.17, 15) is 14.0 Å². The molecule has 0 unspecified atom stereocenters. The lowest BCUT2D eigenvalue weighted by Crippen LogP contribution is -2.30. The lowest BCUT2D eigenvalue weighted by atomic mass is 10.2. The quantitative estimate of drug-likeness (QED) is 0.514. The third kappa shape index (κ3) is 6.20. The molecule has 7 nitrogen and oxygen atoms in total. The van der Waals surface area contributed by atoms with Crippen LogP contribution in [0.25, 0.3) is 0 Å². The number of nitrogens with one attached hydrogen (secondary N) is 3. The summed E-state index contributed by atoms with van der Waals surface area (Å²) in [5.74, 6) is -0.335. The van der Waals surface area contributed by atoms with Gasteiger partial charge in [0.05, 0.1) is 7.11 Å². The van der Waals surface area contributed by atoms with E-state index in [0.717, 1.165) is 0 Å². The maximum atomic E-state index is 13.9. The van der Waals surface area contributed by atoms with Crippen LogP contribution in [-0.4, -0.2) is 31.1 Å². The van der Waals surface area contributed by atoms with Gasteiger partial charge in [-0.25, -0.2) is 14.0 Å². The molecular formula is C23H23FN4O3. The van der Waals surface area contributed by atoms with Gasteiger partial charge in [-0.15, -0.1) is 0 Å². The SMILES string of the molecule is COc1ccc(CN(C)C(=O)Nc2cccc(NC(=O)Nc3ccccc3)c2)cc1F. The molecule has 0 bridgehead atoms. The molecule has 31 heavy (non-hydrogen) atoms. The molecule has 0 aliphatic rings. The maximum absolute atomic E-state index is 13.9. The average molecular weight is 422 g/mol. The summed E-state index contributed by atoms with van der Waals surface area (Å²) in [4.78, 5) is 26.1. The molecule has 0 aliphatic heterocycles. The van der Waals surface area contributed by atoms with Crippen molar-refractivity contribution in [3.63, 3.8) is 0 Å². The molecule has 0 heterocycles. The fourth-order valence-corrected chi connectivity index (χ4v) is 2.86. The van der Waals surface area contributed by atoms with Gasteiger partial charge in [0.2, 0.25) is 0 Å². The number of benzene rings is 3. The van der Waals surface area contributed by atoms with Gasteiger partial charge in [0.15, 0.2) is 11.6 Å². The third-order valence-corrected chi connectivity index (χ3v) is 4.39. The molecule has 8 heteroatoms. The first-order chi connectivity index (χ1) is 14.9. The van der Waals surface area contributed by atoms with Crippen molar-refractivity contribution in [2.75, 3.05) is 30.1 Å². The van der Waals surface area contributed by atoms with Crippen LogP contribution in [0, 0.1) is 5.82 Å². The molecule has 0 aromatic heterocycles. The zero-order valence-electron chi connectivity index (χ0n) is 17.2. The fraction of sp³-hybridized carbons (Fsp3) is 0.130. The number of para-hydroxylation sites is 1. The second-order valence-corrected chi connectivity index (χ2v) is 6.78. The molecule has 0 fully saturated rings. The highest BCUT2D eigenvalue weighted by Gasteiger charge is 2.12. The van der Waals surface area contributed by atoms with Gasteiger partial charge in [-0.3, -0.25) is 0 Å². The number of amides is 4. The number of carbonyl (C=O) groups excluding carboxylic acids is 2. The highest BCUT2D eigenvalue weighted by molar-refractivity contribution is 6.00. The van der Waals surface area contributed by atoms with E-state index >= 15 is 0 Å². The molecule has 3 rings (SSSR count). The molecule has 0 saturated heterocycles. The number of hydrogen-bond donors (Lipinski definition) is 3. The molecule has 4 amide bonds. The molecule has 160 valence electrons. The summed E-state index contributed by atoms with van der Waals surface area (Å²) < 4.78 is 18.8. The number of carbonyl (C=O) groups is 2. The van der Waals surface area contributed by atoms with E-state index in [1.54, 1.807) is 49.5 Å². The molecule has 3 aromatic carbocycles. The Kier molecular flexibility index (Phi) is 7.05. The predicted molar refractivity (Wildman–Crippen MR) is 119 cm³/mol. The Morgan fingerprint density at radius 2 is 1.52 bits per heavy atom. The van der Waals surface area contributed by atoms with E-state index < -0.39 is 11.8 Å². The Balaban J connectivity index is 1.57. The first-order valence-corrected chi connectivity index (χ1v) is 9.52. The van der Waals surface area contributed by atoms with Crippen molar-refractivity contribution in [1.29, 1.82) is 0 Å². The third-order valence-electron chi connectivity index (χ3n) is 4.39. The number of halogens is 1. The van der Waals surface area contributed by atoms with Gasteiger partial charge < -0.3 is 25.6 Å². The minimum atomic E-state index is -0.485. The Labute approximate surface area is 179 Å². The Hall–Kier alpha value is -4.07. The Bertz CT molecular complexity index is 1060. The van der Waals surface area contributed by atoms with Crippen molar-refractivity contribution in [2.24, 2.45) is 0 Å². The number of urea groups is 2. The Morgan fingerprint density at radius 1 is 0.871 bits per heavy atom. The number of rotatable bonds is 6. The molecular weight excluding hydrogens is 399 g/mol. The van der Waals surface area contributed by atoms with E-state index in [1.807, 2.05) is 18.2 Å². The van der Waals surface area contributed by atoms with Crippen LogP contribution < -0.4 is 20.7 Å². The predicted octanol–water partition coefficient (Wildman–Crippen LogP) is 5.14. The van der Waals surface area contributed by atoms with Crippen LogP contribution in [0.3, 0.4) is 0 Å². The van der Waals surface area contributed by atoms with Crippen LogP contribution in [0.5, 0.6) is 5.75 Å². The van der Waals surface area contributed by atoms with Crippen LogP contribution >= 0.6 is 0 Å². The van der Waals surface area contributed by atoms with Gasteiger partial charge >= 0.3 is 12.1 Å². The lowest BCUT2D eigenvalue weighted by molar-refractivity contribution is 0.220. The topological polar surface area (TPSA) is 82.7 Å². The fourth-order valence-electron chi connectivity index (χ4n) is 2.86. The summed E-state index contributed by atoms with van der Waals surface area (Å²) in [7, 11) is 3.00. The summed E-state index contributed by atoms with van der Waals surface area (Å²) in [6.45, 7) is 0.212. The molecule has 0 radical (unpaired) electrons. The van der Waals surface area contributed by atoms with Gasteiger partial charge in [0, 0.05) is 30.7 Å². The van der Waals surface area contributed by atoms with Crippen molar-refractivity contribution in [2.45, 2.75) is 6.54 Å². The second kappa shape index (κ2) is 10.1. The molecule has 3 aromatic rings. The van der Waals surface area contributed by atoms with Gasteiger partial charge in [0.1, 0.15) is 0 Å². The largest absolute Gasteiger partial charge is 0.494 e. The summed E-state index contributed by atoms with van der Waals surface area (Å²) in [6.07, 6.45) is 0. The van der Waals surface area contributed by atoms with Crippen LogP contribution in [-0.2, 0) is 6.54 Å². The van der Waals surface area contributed by atoms with Crippen molar-refractivity contribution in [3.8, 4) is 5.75 Å². The smallest absolute Gasteiger partial charge is 0.323 e. The highest BCUT2D eigenvalue weighted by atomic mass is 19.1. The summed E-state index contributed by atoms with van der Waals surface area (Å²) in [6, 6.07) is 19.6. The van der Waals surface area contributed by atoms with Crippen LogP contribution in [0.4, 0.5) is 31.0 Å². The highest BCUT2D eigenvalue weighted by Crippen LogP contribution is 2.19. The van der Waals surface area contributed by atoms with Gasteiger partial charge in [-0.2, -0.15) is 0 Å². The van der Waals surface area contributed by atoms with E-state index in [1.165, 1.54) is 24.1 Å². The average Bonchev–Trinajstić information content (AvgIpc) is 2.74. The second-order valence-electron chi connectivity index (χ2n) is 6.78. The van der Waals surface area contributed by atoms with Crippen LogP contribution in [0.1, 0.15) is 5.56 Å². The van der Waals surface area contributed by atoms with Crippen molar-refractivity contribution in [1.82, 2.24) is 4.90 Å². The summed E-state index contributed by atoms with van der Waals surface area (Å²) >= 11 is 0. The monoisotopic (exact) mass is 422 g/mol. The molecule has 0 atom stereocenters. The zero-order valence-corrected chi connectivity index (χ0v) is 17.2. The zero-order chi connectivity index (χ0) is 22.2. The normalized spacial score (nSPS) is 10.2. The van der Waals surface area contributed by atoms with E-state index in [-0.39, 0.29) is 18.3 Å². The van der Waals surface area contributed by atoms with Crippen LogP contribution in [0.15, 0.2) is 72.8 Å². The number of ether oxygens (including phenoxy) is 1. The van der Waals surface area contributed by atoms with Gasteiger partial charge in [0.25, 0.3) is 0 Å². The Morgan fingerprint density at radius 3 is 2.19 bits per heavy atom. The first-order valence-electron chi connectivity index (χ1n) is 9.52. The maximum Gasteiger partial charge on any atom is 0.323 e. The molecule has 3 N–H and O–H groups in total. The number of methoxy groups -OCH3 is 1. The van der Waals surface area contributed by atoms with Crippen LogP contribution in [0.2, 0.25) is 0 Å². The number of anilines is 3. The summed E-state index contributed by atoms with van der Waals surface area (Å²) in [5, 5.41) is 8.20. The summed E-state index contributed by atoms with van der Waals surface area (Å²) in [5.41, 5.74) is 2.33. The standard InChI is InChI=1S/C23H23FN4O3/c1-28(15-16-11-12-21(31-2)20(24)13-16)23(30)27-19-10-6-9-18(14-19)26-22(29)25-17-7-4-3-5-8-17/h3-14H,15H2,1-2H3,(H,27,30)(H2,25,26,29). The van der Waals surface area contributed by atoms with Gasteiger partial charge in [-0.1, -0.05) is 30.3 Å². The minimum absolute atomic E-state index is 0.150. The number of nitrogens with zero attached hydrogens (tertiary/aromatic N) is 1.